The summed E-state index contributed by atoms with van der Waals surface area (Å²) in [5.74, 6) is 1.71. The number of benzene rings is 2. The summed E-state index contributed by atoms with van der Waals surface area (Å²) in [6.45, 7) is 4.19. The smallest absolute Gasteiger partial charge is 0.126 e. The number of rotatable bonds is 6. The summed E-state index contributed by atoms with van der Waals surface area (Å²) in [4.78, 5) is 0. The van der Waals surface area contributed by atoms with Crippen molar-refractivity contribution in [2.45, 2.75) is 20.3 Å². The number of methoxy groups -OCH3 is 2. The second kappa shape index (κ2) is 8.23. The summed E-state index contributed by atoms with van der Waals surface area (Å²) in [5, 5.41) is 0. The largest absolute Gasteiger partial charge is 0.496 e. The highest BCUT2D eigenvalue weighted by molar-refractivity contribution is 5.71. The molecule has 0 amide bonds. The minimum atomic E-state index is 0.803. The van der Waals surface area contributed by atoms with Crippen LogP contribution in [0.25, 0.3) is 12.2 Å². The van der Waals surface area contributed by atoms with Crippen molar-refractivity contribution in [3.63, 3.8) is 0 Å². The average molecular weight is 308 g/mol. The molecule has 2 nitrogen and oxygen atoms in total. The Bertz CT molecular complexity index is 668. The van der Waals surface area contributed by atoms with Crippen LogP contribution in [0.15, 0.2) is 54.1 Å². The lowest BCUT2D eigenvalue weighted by molar-refractivity contribution is 0.387. The third kappa shape index (κ3) is 4.75. The number of hydrogen-bond acceptors (Lipinski definition) is 2. The van der Waals surface area contributed by atoms with E-state index in [-0.39, 0.29) is 0 Å². The van der Waals surface area contributed by atoms with E-state index < -0.39 is 0 Å². The maximum Gasteiger partial charge on any atom is 0.126 e. The Labute approximate surface area is 139 Å². The zero-order valence-electron chi connectivity index (χ0n) is 14.3. The molecule has 0 aliphatic rings. The lowest BCUT2D eigenvalue weighted by atomic mass is 10.0. The fourth-order valence-electron chi connectivity index (χ4n) is 2.36. The van der Waals surface area contributed by atoms with Crippen LogP contribution >= 0.6 is 0 Å². The van der Waals surface area contributed by atoms with E-state index in [1.54, 1.807) is 14.2 Å². The molecule has 0 aliphatic heterocycles. The van der Waals surface area contributed by atoms with Crippen LogP contribution < -0.4 is 9.47 Å². The van der Waals surface area contributed by atoms with Gasteiger partial charge in [0.1, 0.15) is 11.5 Å². The van der Waals surface area contributed by atoms with E-state index in [9.17, 15) is 0 Å². The standard InChI is InChI=1S/C21H24O2/c1-16(2)10-13-19-20(22-3)14-18(15-21(19)23-4)12-11-17-8-6-5-7-9-17/h5-12,14-15H,13H2,1-4H3. The monoisotopic (exact) mass is 308 g/mol. The Balaban J connectivity index is 2.35. The van der Waals surface area contributed by atoms with Crippen molar-refractivity contribution in [1.82, 2.24) is 0 Å². The minimum Gasteiger partial charge on any atom is -0.496 e. The van der Waals surface area contributed by atoms with E-state index in [0.717, 1.165) is 29.0 Å². The van der Waals surface area contributed by atoms with E-state index in [1.165, 1.54) is 11.1 Å². The number of allylic oxidation sites excluding steroid dienone is 2. The second-order valence-corrected chi connectivity index (χ2v) is 5.63. The number of hydrogen-bond donors (Lipinski definition) is 0. The van der Waals surface area contributed by atoms with Crippen LogP contribution in [-0.2, 0) is 6.42 Å². The highest BCUT2D eigenvalue weighted by atomic mass is 16.5. The Hall–Kier alpha value is -2.48. The molecule has 0 atom stereocenters. The Morgan fingerprint density at radius 2 is 1.43 bits per heavy atom. The average Bonchev–Trinajstić information content (AvgIpc) is 2.58. The van der Waals surface area contributed by atoms with Gasteiger partial charge in [-0.15, -0.1) is 0 Å². The van der Waals surface area contributed by atoms with Gasteiger partial charge in [-0.25, -0.2) is 0 Å². The zero-order valence-corrected chi connectivity index (χ0v) is 14.3. The molecule has 0 N–H and O–H groups in total. The Morgan fingerprint density at radius 1 is 0.870 bits per heavy atom. The molecule has 23 heavy (non-hydrogen) atoms. The lowest BCUT2D eigenvalue weighted by Crippen LogP contribution is -1.97. The first-order valence-corrected chi connectivity index (χ1v) is 7.75. The van der Waals surface area contributed by atoms with Crippen LogP contribution in [0, 0.1) is 0 Å². The zero-order chi connectivity index (χ0) is 16.7. The van der Waals surface area contributed by atoms with Crippen LogP contribution in [0.1, 0.15) is 30.5 Å². The van der Waals surface area contributed by atoms with Crippen molar-refractivity contribution in [1.29, 1.82) is 0 Å². The molecule has 0 spiro atoms. The molecule has 2 heteroatoms. The summed E-state index contributed by atoms with van der Waals surface area (Å²) in [6, 6.07) is 14.3. The quantitative estimate of drug-likeness (QED) is 0.526. The van der Waals surface area contributed by atoms with Gasteiger partial charge in [-0.05, 0) is 43.5 Å². The fraction of sp³-hybridized carbons (Fsp3) is 0.238. The first kappa shape index (κ1) is 16.9. The van der Waals surface area contributed by atoms with E-state index in [4.69, 9.17) is 9.47 Å². The van der Waals surface area contributed by atoms with Gasteiger partial charge in [0.15, 0.2) is 0 Å². The molecule has 0 radical (unpaired) electrons. The molecule has 0 aromatic heterocycles. The summed E-state index contributed by atoms with van der Waals surface area (Å²) in [7, 11) is 3.40. The van der Waals surface area contributed by atoms with E-state index in [1.807, 2.05) is 18.2 Å². The molecule has 0 bridgehead atoms. The minimum absolute atomic E-state index is 0.803. The molecule has 120 valence electrons. The Kier molecular flexibility index (Phi) is 6.04. The lowest BCUT2D eigenvalue weighted by Gasteiger charge is -2.13. The van der Waals surface area contributed by atoms with Gasteiger partial charge in [-0.2, -0.15) is 0 Å². The molecular formula is C21H24O2. The topological polar surface area (TPSA) is 18.5 Å². The van der Waals surface area contributed by atoms with Gasteiger partial charge in [-0.1, -0.05) is 54.1 Å². The summed E-state index contributed by atoms with van der Waals surface area (Å²) >= 11 is 0. The fourth-order valence-corrected chi connectivity index (χ4v) is 2.36. The third-order valence-electron chi connectivity index (χ3n) is 3.61. The molecule has 0 aliphatic carbocycles. The summed E-state index contributed by atoms with van der Waals surface area (Å²) < 4.78 is 11.1. The molecule has 0 saturated heterocycles. The van der Waals surface area contributed by atoms with Gasteiger partial charge in [-0.3, -0.25) is 0 Å². The van der Waals surface area contributed by atoms with Crippen LogP contribution in [0.2, 0.25) is 0 Å². The molecule has 0 fully saturated rings. The Morgan fingerprint density at radius 3 is 1.96 bits per heavy atom. The van der Waals surface area contributed by atoms with Crippen molar-refractivity contribution in [3.8, 4) is 11.5 Å². The van der Waals surface area contributed by atoms with Crippen LogP contribution in [0.3, 0.4) is 0 Å². The molecule has 2 rings (SSSR count). The first-order valence-electron chi connectivity index (χ1n) is 7.75. The van der Waals surface area contributed by atoms with E-state index in [2.05, 4.69) is 56.3 Å². The molecule has 0 heterocycles. The normalized spacial score (nSPS) is 10.6. The van der Waals surface area contributed by atoms with Gasteiger partial charge in [0, 0.05) is 5.56 Å². The van der Waals surface area contributed by atoms with Gasteiger partial charge in [0.25, 0.3) is 0 Å². The summed E-state index contributed by atoms with van der Waals surface area (Å²) in [5.41, 5.74) is 4.58. The maximum absolute atomic E-state index is 5.57. The SMILES string of the molecule is COc1cc(C=Cc2ccccc2)cc(OC)c1CC=C(C)C. The van der Waals surface area contributed by atoms with Crippen molar-refractivity contribution < 1.29 is 9.47 Å². The van der Waals surface area contributed by atoms with Crippen molar-refractivity contribution in [3.05, 3.63) is 70.8 Å². The molecular weight excluding hydrogens is 284 g/mol. The summed E-state index contributed by atoms with van der Waals surface area (Å²) in [6.07, 6.45) is 7.15. The van der Waals surface area contributed by atoms with Crippen LogP contribution in [0.4, 0.5) is 0 Å². The third-order valence-corrected chi connectivity index (χ3v) is 3.61. The maximum atomic E-state index is 5.57. The molecule has 2 aromatic carbocycles. The van der Waals surface area contributed by atoms with Crippen LogP contribution in [-0.4, -0.2) is 14.2 Å². The predicted molar refractivity (Wildman–Crippen MR) is 98.1 cm³/mol. The van der Waals surface area contributed by atoms with Crippen molar-refractivity contribution in [2.24, 2.45) is 0 Å². The van der Waals surface area contributed by atoms with Crippen molar-refractivity contribution in [2.75, 3.05) is 14.2 Å². The predicted octanol–water partition coefficient (Wildman–Crippen LogP) is 5.38. The van der Waals surface area contributed by atoms with Crippen LogP contribution in [0.5, 0.6) is 11.5 Å². The van der Waals surface area contributed by atoms with Gasteiger partial charge < -0.3 is 9.47 Å². The van der Waals surface area contributed by atoms with Gasteiger partial charge in [0.05, 0.1) is 14.2 Å². The molecule has 0 saturated carbocycles. The van der Waals surface area contributed by atoms with Gasteiger partial charge in [0.2, 0.25) is 0 Å². The first-order chi connectivity index (χ1) is 11.1. The highest BCUT2D eigenvalue weighted by Crippen LogP contribution is 2.32. The van der Waals surface area contributed by atoms with E-state index in [0.29, 0.717) is 0 Å². The molecule has 2 aromatic rings. The van der Waals surface area contributed by atoms with E-state index >= 15 is 0 Å². The highest BCUT2D eigenvalue weighted by Gasteiger charge is 2.10. The second-order valence-electron chi connectivity index (χ2n) is 5.63. The molecule has 0 unspecified atom stereocenters. The van der Waals surface area contributed by atoms with Gasteiger partial charge >= 0.3 is 0 Å². The number of ether oxygens (including phenoxy) is 2. The van der Waals surface area contributed by atoms with Crippen molar-refractivity contribution >= 4 is 12.2 Å².